The number of hydrogen-bond donors (Lipinski definition) is 0. The van der Waals surface area contributed by atoms with Crippen LogP contribution in [0.4, 0.5) is 8.78 Å². The van der Waals surface area contributed by atoms with Crippen molar-refractivity contribution in [3.8, 4) is 6.07 Å². The Morgan fingerprint density at radius 3 is 1.93 bits per heavy atom. The molecule has 3 heteroatoms. The van der Waals surface area contributed by atoms with Crippen LogP contribution in [0.2, 0.25) is 0 Å². The molecule has 0 saturated heterocycles. The highest BCUT2D eigenvalue weighted by molar-refractivity contribution is 5.22. The van der Waals surface area contributed by atoms with Crippen LogP contribution in [0, 0.1) is 40.7 Å². The van der Waals surface area contributed by atoms with Crippen LogP contribution in [0.15, 0.2) is 30.4 Å². The number of rotatable bonds is 9. The highest BCUT2D eigenvalue weighted by atomic mass is 19.2. The lowest BCUT2D eigenvalue weighted by molar-refractivity contribution is 0.244. The van der Waals surface area contributed by atoms with Gasteiger partial charge < -0.3 is 0 Å². The van der Waals surface area contributed by atoms with Crippen molar-refractivity contribution < 1.29 is 8.78 Å². The van der Waals surface area contributed by atoms with Crippen molar-refractivity contribution >= 4 is 0 Å². The van der Waals surface area contributed by atoms with Gasteiger partial charge in [-0.2, -0.15) is 5.26 Å². The summed E-state index contributed by atoms with van der Waals surface area (Å²) in [5.74, 6) is 1.58. The van der Waals surface area contributed by atoms with Gasteiger partial charge in [-0.3, -0.25) is 0 Å². The first kappa shape index (κ1) is 23.0. The van der Waals surface area contributed by atoms with Crippen LogP contribution >= 0.6 is 0 Å². The Hall–Kier alpha value is -1.69. The summed E-state index contributed by atoms with van der Waals surface area (Å²) in [6, 6.07) is 6.51. The summed E-state index contributed by atoms with van der Waals surface area (Å²) < 4.78 is 26.6. The molecule has 1 aromatic rings. The van der Waals surface area contributed by atoms with Crippen molar-refractivity contribution in [3.63, 3.8) is 0 Å². The first-order valence-electron chi connectivity index (χ1n) is 12.1. The zero-order valence-electron chi connectivity index (χ0n) is 18.3. The van der Waals surface area contributed by atoms with E-state index in [2.05, 4.69) is 6.07 Å². The molecule has 1 aromatic carbocycles. The molecule has 0 heterocycles. The molecule has 0 bridgehead atoms. The lowest BCUT2D eigenvalue weighted by Gasteiger charge is -2.30. The second-order valence-corrected chi connectivity index (χ2v) is 9.67. The molecule has 164 valence electrons. The van der Waals surface area contributed by atoms with E-state index in [1.807, 2.05) is 6.08 Å². The summed E-state index contributed by atoms with van der Waals surface area (Å²) in [5.41, 5.74) is 0.976. The van der Waals surface area contributed by atoms with Gasteiger partial charge in [0.1, 0.15) is 0 Å². The minimum absolute atomic E-state index is 0.405. The van der Waals surface area contributed by atoms with E-state index in [1.54, 1.807) is 12.1 Å². The first-order chi connectivity index (χ1) is 14.7. The van der Waals surface area contributed by atoms with E-state index in [0.29, 0.717) is 5.92 Å². The maximum absolute atomic E-state index is 13.5. The molecule has 0 N–H and O–H groups in total. The van der Waals surface area contributed by atoms with E-state index in [1.165, 1.54) is 82.8 Å². The molecule has 2 aliphatic rings. The van der Waals surface area contributed by atoms with Gasteiger partial charge in [-0.15, -0.1) is 0 Å². The van der Waals surface area contributed by atoms with Crippen molar-refractivity contribution in [3.05, 3.63) is 47.5 Å². The van der Waals surface area contributed by atoms with E-state index in [9.17, 15) is 8.78 Å². The normalized spacial score (nSPS) is 27.2. The molecule has 0 amide bonds. The smallest absolute Gasteiger partial charge is 0.159 e. The van der Waals surface area contributed by atoms with Crippen LogP contribution in [0.3, 0.4) is 0 Å². The number of allylic oxidation sites excluding steroid dienone is 2. The second kappa shape index (κ2) is 12.2. The molecule has 2 saturated carbocycles. The number of hydrogen-bond acceptors (Lipinski definition) is 1. The van der Waals surface area contributed by atoms with E-state index in [4.69, 9.17) is 5.26 Å². The van der Waals surface area contributed by atoms with Crippen LogP contribution < -0.4 is 0 Å². The molecule has 3 rings (SSSR count). The molecule has 0 spiro atoms. The van der Waals surface area contributed by atoms with Gasteiger partial charge in [0, 0.05) is 6.08 Å². The third-order valence-corrected chi connectivity index (χ3v) is 7.64. The van der Waals surface area contributed by atoms with Gasteiger partial charge in [0.15, 0.2) is 11.6 Å². The standard InChI is InChI=1S/C27H37F2N/c28-26-18-17-25(20-27(26)29)24-15-13-23(14-16-24)8-4-3-7-22-11-9-21(10-12-22)6-2-1-5-19-30/h1,5,17-18,20-24H,2-4,6-16H2/b5-1+. The number of benzene rings is 1. The zero-order valence-corrected chi connectivity index (χ0v) is 18.3. The molecular weight excluding hydrogens is 376 g/mol. The van der Waals surface area contributed by atoms with Gasteiger partial charge in [-0.25, -0.2) is 8.78 Å². The Kier molecular flexibility index (Phi) is 9.37. The molecule has 0 radical (unpaired) electrons. The Bertz CT molecular complexity index is 704. The second-order valence-electron chi connectivity index (χ2n) is 9.67. The number of nitriles is 1. The van der Waals surface area contributed by atoms with E-state index < -0.39 is 11.6 Å². The van der Waals surface area contributed by atoms with Gasteiger partial charge in [0.2, 0.25) is 0 Å². The number of unbranched alkanes of at least 4 members (excludes halogenated alkanes) is 1. The molecule has 0 atom stereocenters. The van der Waals surface area contributed by atoms with Gasteiger partial charge in [0.05, 0.1) is 6.07 Å². The fourth-order valence-electron chi connectivity index (χ4n) is 5.69. The molecule has 2 aliphatic carbocycles. The Morgan fingerprint density at radius 2 is 1.37 bits per heavy atom. The molecule has 0 aromatic heterocycles. The summed E-state index contributed by atoms with van der Waals surface area (Å²) in [4.78, 5) is 0. The van der Waals surface area contributed by atoms with Gasteiger partial charge >= 0.3 is 0 Å². The molecular formula is C27H37F2N. The topological polar surface area (TPSA) is 23.8 Å². The quantitative estimate of drug-likeness (QED) is 0.294. The fourth-order valence-corrected chi connectivity index (χ4v) is 5.69. The lowest BCUT2D eigenvalue weighted by atomic mass is 9.76. The van der Waals surface area contributed by atoms with Crippen molar-refractivity contribution in [2.45, 2.75) is 95.8 Å². The molecule has 0 aliphatic heterocycles. The van der Waals surface area contributed by atoms with E-state index in [-0.39, 0.29) is 0 Å². The zero-order chi connectivity index (χ0) is 21.2. The maximum Gasteiger partial charge on any atom is 0.159 e. The molecule has 0 unspecified atom stereocenters. The summed E-state index contributed by atoms with van der Waals surface area (Å²) in [6.07, 6.45) is 21.6. The molecule has 1 nitrogen and oxygen atoms in total. The highest BCUT2D eigenvalue weighted by Crippen LogP contribution is 2.39. The molecule has 2 fully saturated rings. The third kappa shape index (κ3) is 7.22. The Labute approximate surface area is 181 Å². The summed E-state index contributed by atoms with van der Waals surface area (Å²) >= 11 is 0. The summed E-state index contributed by atoms with van der Waals surface area (Å²) in [7, 11) is 0. The average molecular weight is 414 g/mol. The van der Waals surface area contributed by atoms with Crippen molar-refractivity contribution in [2.24, 2.45) is 17.8 Å². The van der Waals surface area contributed by atoms with Crippen LogP contribution in [0.25, 0.3) is 0 Å². The predicted molar refractivity (Wildman–Crippen MR) is 119 cm³/mol. The van der Waals surface area contributed by atoms with Crippen molar-refractivity contribution in [1.29, 1.82) is 5.26 Å². The minimum Gasteiger partial charge on any atom is -0.204 e. The largest absolute Gasteiger partial charge is 0.204 e. The van der Waals surface area contributed by atoms with E-state index in [0.717, 1.165) is 42.6 Å². The fraction of sp³-hybridized carbons (Fsp3) is 0.667. The minimum atomic E-state index is -0.742. The summed E-state index contributed by atoms with van der Waals surface area (Å²) in [6.45, 7) is 0. The van der Waals surface area contributed by atoms with E-state index >= 15 is 0 Å². The SMILES string of the molecule is N#C/C=C/CCC1CCC(CCCCC2CCC(c3ccc(F)c(F)c3)CC2)CC1. The summed E-state index contributed by atoms with van der Waals surface area (Å²) in [5, 5.41) is 8.54. The Morgan fingerprint density at radius 1 is 0.800 bits per heavy atom. The maximum atomic E-state index is 13.5. The highest BCUT2D eigenvalue weighted by Gasteiger charge is 2.24. The van der Waals surface area contributed by atoms with Gasteiger partial charge in [-0.05, 0) is 79.9 Å². The van der Waals surface area contributed by atoms with Crippen LogP contribution in [0.1, 0.15) is 101 Å². The predicted octanol–water partition coefficient (Wildman–Crippen LogP) is 8.47. The number of nitrogens with zero attached hydrogens (tertiary/aromatic N) is 1. The van der Waals surface area contributed by atoms with Crippen molar-refractivity contribution in [2.75, 3.05) is 0 Å². The Balaban J connectivity index is 1.24. The number of halogens is 2. The lowest BCUT2D eigenvalue weighted by Crippen LogP contribution is -2.15. The van der Waals surface area contributed by atoms with Crippen LogP contribution in [-0.2, 0) is 0 Å². The van der Waals surface area contributed by atoms with Gasteiger partial charge in [-0.1, -0.05) is 63.5 Å². The monoisotopic (exact) mass is 413 g/mol. The van der Waals surface area contributed by atoms with Gasteiger partial charge in [0.25, 0.3) is 0 Å². The third-order valence-electron chi connectivity index (χ3n) is 7.64. The average Bonchev–Trinajstić information content (AvgIpc) is 2.77. The first-order valence-corrected chi connectivity index (χ1v) is 12.1. The van der Waals surface area contributed by atoms with Crippen LogP contribution in [0.5, 0.6) is 0 Å². The molecule has 30 heavy (non-hydrogen) atoms. The van der Waals surface area contributed by atoms with Crippen LogP contribution in [-0.4, -0.2) is 0 Å². The van der Waals surface area contributed by atoms with Crippen molar-refractivity contribution in [1.82, 2.24) is 0 Å².